The van der Waals surface area contributed by atoms with Crippen LogP contribution < -0.4 is 11.1 Å². The predicted octanol–water partition coefficient (Wildman–Crippen LogP) is 3.64. The van der Waals surface area contributed by atoms with Crippen LogP contribution in [0.5, 0.6) is 0 Å². The van der Waals surface area contributed by atoms with E-state index in [1.807, 2.05) is 25.1 Å². The number of aromatic amines is 1. The Morgan fingerprint density at radius 2 is 2.04 bits per heavy atom. The molecule has 3 heterocycles. The molecule has 6 nitrogen and oxygen atoms in total. The molecule has 0 spiro atoms. The lowest BCUT2D eigenvalue weighted by molar-refractivity contribution is -0.118. The van der Waals surface area contributed by atoms with Crippen LogP contribution in [0.15, 0.2) is 36.7 Å². The molecule has 26 heavy (non-hydrogen) atoms. The molecule has 0 saturated carbocycles. The van der Waals surface area contributed by atoms with Gasteiger partial charge in [-0.15, -0.1) is 0 Å². The third-order valence-corrected chi connectivity index (χ3v) is 4.14. The number of anilines is 1. The minimum Gasteiger partial charge on any atom is -0.344 e. The number of nitrogens with two attached hydrogens (primary N) is 1. The first-order valence-corrected chi connectivity index (χ1v) is 8.70. The summed E-state index contributed by atoms with van der Waals surface area (Å²) in [5.74, 6) is -0.193. The quantitative estimate of drug-likeness (QED) is 0.668. The largest absolute Gasteiger partial charge is 0.344 e. The first kappa shape index (κ1) is 18.1. The minimum absolute atomic E-state index is 0.000269. The number of pyridine rings is 2. The molecule has 3 aromatic rings. The number of hydrogen-bond donors (Lipinski definition) is 3. The summed E-state index contributed by atoms with van der Waals surface area (Å²) in [4.78, 5) is 24.3. The van der Waals surface area contributed by atoms with Crippen molar-refractivity contribution < 1.29 is 4.79 Å². The van der Waals surface area contributed by atoms with Crippen molar-refractivity contribution in [1.82, 2.24) is 15.0 Å². The molecule has 6 heteroatoms. The second-order valence-corrected chi connectivity index (χ2v) is 7.87. The van der Waals surface area contributed by atoms with Crippen LogP contribution in [0, 0.1) is 12.3 Å². The number of H-pyrrole nitrogens is 1. The summed E-state index contributed by atoms with van der Waals surface area (Å²) in [5.41, 5.74) is 10.4. The van der Waals surface area contributed by atoms with Crippen LogP contribution in [0.4, 0.5) is 5.69 Å². The molecular formula is C20H25N5O. The molecule has 0 radical (unpaired) electrons. The number of amides is 1. The second kappa shape index (κ2) is 6.88. The number of carbonyl (C=O) groups is 1. The fraction of sp³-hybridized carbons (Fsp3) is 0.350. The maximum atomic E-state index is 12.2. The molecule has 0 aliphatic heterocycles. The van der Waals surface area contributed by atoms with Gasteiger partial charge in [0, 0.05) is 22.8 Å². The van der Waals surface area contributed by atoms with E-state index in [0.717, 1.165) is 28.0 Å². The molecule has 0 aromatic carbocycles. The highest BCUT2D eigenvalue weighted by Gasteiger charge is 2.21. The van der Waals surface area contributed by atoms with Crippen molar-refractivity contribution in [1.29, 1.82) is 0 Å². The lowest BCUT2D eigenvalue weighted by atomic mass is 9.88. The highest BCUT2D eigenvalue weighted by molar-refractivity contribution is 5.95. The van der Waals surface area contributed by atoms with Gasteiger partial charge in [0.1, 0.15) is 5.65 Å². The van der Waals surface area contributed by atoms with Gasteiger partial charge in [0.25, 0.3) is 0 Å². The first-order chi connectivity index (χ1) is 12.2. The number of aryl methyl sites for hydroxylation is 1. The molecule has 1 amide bonds. The highest BCUT2D eigenvalue weighted by atomic mass is 16.2. The Balaban J connectivity index is 1.77. The summed E-state index contributed by atoms with van der Waals surface area (Å²) in [6.45, 7) is 8.19. The van der Waals surface area contributed by atoms with E-state index in [9.17, 15) is 4.79 Å². The average molecular weight is 351 g/mol. The number of hydrogen-bond acceptors (Lipinski definition) is 4. The Bertz CT molecular complexity index is 922. The monoisotopic (exact) mass is 351 g/mol. The first-order valence-electron chi connectivity index (χ1n) is 8.70. The summed E-state index contributed by atoms with van der Waals surface area (Å²) in [6.07, 6.45) is 4.03. The van der Waals surface area contributed by atoms with Gasteiger partial charge in [0.15, 0.2) is 0 Å². The van der Waals surface area contributed by atoms with E-state index < -0.39 is 6.04 Å². The lowest BCUT2D eigenvalue weighted by Crippen LogP contribution is -2.38. The van der Waals surface area contributed by atoms with E-state index in [1.165, 1.54) is 0 Å². The zero-order valence-electron chi connectivity index (χ0n) is 15.6. The molecule has 3 rings (SSSR count). The van der Waals surface area contributed by atoms with Crippen molar-refractivity contribution in [2.45, 2.75) is 40.2 Å². The van der Waals surface area contributed by atoms with Gasteiger partial charge in [-0.3, -0.25) is 9.78 Å². The van der Waals surface area contributed by atoms with Crippen LogP contribution in [-0.2, 0) is 4.79 Å². The zero-order valence-corrected chi connectivity index (χ0v) is 15.6. The molecule has 3 aromatic heterocycles. The Kier molecular flexibility index (Phi) is 4.78. The third kappa shape index (κ3) is 4.08. The average Bonchev–Trinajstić information content (AvgIpc) is 2.94. The fourth-order valence-corrected chi connectivity index (χ4v) is 3.00. The molecule has 0 aliphatic rings. The van der Waals surface area contributed by atoms with Crippen LogP contribution in [-0.4, -0.2) is 26.9 Å². The summed E-state index contributed by atoms with van der Waals surface area (Å²) >= 11 is 0. The lowest BCUT2D eigenvalue weighted by Gasteiger charge is -2.22. The molecule has 0 fully saturated rings. The topological polar surface area (TPSA) is 96.7 Å². The van der Waals surface area contributed by atoms with E-state index >= 15 is 0 Å². The van der Waals surface area contributed by atoms with Gasteiger partial charge in [0.2, 0.25) is 5.91 Å². The van der Waals surface area contributed by atoms with Gasteiger partial charge in [0.05, 0.1) is 23.6 Å². The van der Waals surface area contributed by atoms with Crippen molar-refractivity contribution in [2.75, 3.05) is 5.32 Å². The van der Waals surface area contributed by atoms with Gasteiger partial charge in [-0.05, 0) is 43.0 Å². The molecule has 0 unspecified atom stereocenters. The Morgan fingerprint density at radius 1 is 1.27 bits per heavy atom. The van der Waals surface area contributed by atoms with Crippen LogP contribution in [0.2, 0.25) is 0 Å². The molecule has 0 saturated heterocycles. The van der Waals surface area contributed by atoms with Gasteiger partial charge in [-0.25, -0.2) is 4.98 Å². The molecule has 0 aliphatic carbocycles. The van der Waals surface area contributed by atoms with Gasteiger partial charge in [-0.2, -0.15) is 0 Å². The summed E-state index contributed by atoms with van der Waals surface area (Å²) in [7, 11) is 0. The van der Waals surface area contributed by atoms with E-state index in [4.69, 9.17) is 5.73 Å². The molecule has 0 bridgehead atoms. The number of nitrogens with one attached hydrogen (secondary N) is 2. The van der Waals surface area contributed by atoms with E-state index in [0.29, 0.717) is 12.1 Å². The number of aromatic nitrogens is 3. The van der Waals surface area contributed by atoms with Gasteiger partial charge >= 0.3 is 0 Å². The third-order valence-electron chi connectivity index (χ3n) is 4.14. The van der Waals surface area contributed by atoms with E-state index in [2.05, 4.69) is 47.1 Å². The van der Waals surface area contributed by atoms with Crippen LogP contribution in [0.25, 0.3) is 22.3 Å². The summed E-state index contributed by atoms with van der Waals surface area (Å²) in [5, 5.41) is 3.87. The van der Waals surface area contributed by atoms with Gasteiger partial charge in [-0.1, -0.05) is 20.8 Å². The molecule has 1 atom stereocenters. The Morgan fingerprint density at radius 3 is 2.69 bits per heavy atom. The SMILES string of the molecule is Cc1cc2c(-c3ccc(NC(=O)[C@H](N)CC(C)(C)C)cn3)ccnc2[nH]1. The standard InChI is InChI=1S/C20H25N5O/c1-12-9-15-14(7-8-22-18(15)24-12)17-6-5-13(11-23-17)25-19(26)16(21)10-20(2,3)4/h5-9,11,16H,10,21H2,1-4H3,(H,22,24)(H,25,26)/t16-/m1/s1. The highest BCUT2D eigenvalue weighted by Crippen LogP contribution is 2.27. The predicted molar refractivity (Wildman–Crippen MR) is 105 cm³/mol. The number of fused-ring (bicyclic) bond motifs is 1. The van der Waals surface area contributed by atoms with Crippen molar-refractivity contribution in [2.24, 2.45) is 11.1 Å². The zero-order chi connectivity index (χ0) is 18.9. The fourth-order valence-electron chi connectivity index (χ4n) is 3.00. The smallest absolute Gasteiger partial charge is 0.241 e. The van der Waals surface area contributed by atoms with Crippen molar-refractivity contribution >= 4 is 22.6 Å². The summed E-state index contributed by atoms with van der Waals surface area (Å²) < 4.78 is 0. The number of rotatable bonds is 4. The maximum absolute atomic E-state index is 12.2. The minimum atomic E-state index is -0.544. The molecule has 4 N–H and O–H groups in total. The Labute approximate surface area is 153 Å². The molecular weight excluding hydrogens is 326 g/mol. The normalized spacial score (nSPS) is 13.0. The van der Waals surface area contributed by atoms with Crippen LogP contribution >= 0.6 is 0 Å². The number of carbonyl (C=O) groups excluding carboxylic acids is 1. The summed E-state index contributed by atoms with van der Waals surface area (Å²) in [6, 6.07) is 7.19. The van der Waals surface area contributed by atoms with E-state index in [-0.39, 0.29) is 11.3 Å². The van der Waals surface area contributed by atoms with Crippen molar-refractivity contribution in [3.63, 3.8) is 0 Å². The van der Waals surface area contributed by atoms with Crippen LogP contribution in [0.3, 0.4) is 0 Å². The van der Waals surface area contributed by atoms with Crippen molar-refractivity contribution in [3.05, 3.63) is 42.4 Å². The second-order valence-electron chi connectivity index (χ2n) is 7.87. The molecule has 136 valence electrons. The van der Waals surface area contributed by atoms with Crippen LogP contribution in [0.1, 0.15) is 32.9 Å². The maximum Gasteiger partial charge on any atom is 0.241 e. The van der Waals surface area contributed by atoms with E-state index in [1.54, 1.807) is 12.4 Å². The number of nitrogens with zero attached hydrogens (tertiary/aromatic N) is 2. The van der Waals surface area contributed by atoms with Crippen molar-refractivity contribution in [3.8, 4) is 11.3 Å². The Hall–Kier alpha value is -2.73. The van der Waals surface area contributed by atoms with Gasteiger partial charge < -0.3 is 16.0 Å².